The molecule has 0 aliphatic heterocycles. The topological polar surface area (TPSA) is 0 Å². The lowest BCUT2D eigenvalue weighted by Gasteiger charge is -2.19. The maximum atomic E-state index is 2.52. The highest BCUT2D eigenvalue weighted by molar-refractivity contribution is 6.45. The molecule has 0 atom stereocenters. The molecular weight excluding hydrogens is 637 g/mol. The highest BCUT2D eigenvalue weighted by Crippen LogP contribution is 2.55. The van der Waals surface area contributed by atoms with Crippen molar-refractivity contribution in [2.75, 3.05) is 0 Å². The Morgan fingerprint density at radius 2 is 0.811 bits per heavy atom. The lowest BCUT2D eigenvalue weighted by molar-refractivity contribution is 1.51. The van der Waals surface area contributed by atoms with Gasteiger partial charge in [0.25, 0.3) is 0 Å². The van der Waals surface area contributed by atoms with Gasteiger partial charge in [0.1, 0.15) is 0 Å². The van der Waals surface area contributed by atoms with Crippen molar-refractivity contribution >= 4 is 86.2 Å². The standard InChI is InChI=1S/C53H32/c1-31-22-23-35-29-36(25-24-34(35)28-31)37-26-27-44-49-40(37)18-10-21-43(49)52-47(32-12-4-2-5-13-32)46-30-45-39-17-9-8-16-38(39)41-19-11-20-42(50(41)45)51(46)48(53(44)52)33-14-6-3-7-15-33/h2-30H,1H3. The molecule has 0 aliphatic carbocycles. The van der Waals surface area contributed by atoms with Gasteiger partial charge in [0.2, 0.25) is 0 Å². The molecule has 0 heteroatoms. The Kier molecular flexibility index (Phi) is 5.80. The van der Waals surface area contributed by atoms with Crippen LogP contribution in [0.3, 0.4) is 0 Å². The zero-order chi connectivity index (χ0) is 34.8. The fourth-order valence-corrected chi connectivity index (χ4v) is 9.80. The van der Waals surface area contributed by atoms with Crippen LogP contribution >= 0.6 is 0 Å². The van der Waals surface area contributed by atoms with Crippen LogP contribution in [0.2, 0.25) is 0 Å². The first-order valence-corrected chi connectivity index (χ1v) is 18.6. The van der Waals surface area contributed by atoms with Gasteiger partial charge in [0.05, 0.1) is 0 Å². The summed E-state index contributed by atoms with van der Waals surface area (Å²) >= 11 is 0. The molecule has 0 aliphatic rings. The molecule has 0 saturated carbocycles. The van der Waals surface area contributed by atoms with Gasteiger partial charge in [-0.15, -0.1) is 0 Å². The number of hydrogen-bond acceptors (Lipinski definition) is 0. The maximum absolute atomic E-state index is 2.52. The Hall–Kier alpha value is -6.76. The van der Waals surface area contributed by atoms with E-state index in [0.717, 1.165) is 0 Å². The molecule has 12 aromatic rings. The largest absolute Gasteiger partial charge is 0.0622 e. The van der Waals surface area contributed by atoms with Crippen LogP contribution in [0.25, 0.3) is 120 Å². The summed E-state index contributed by atoms with van der Waals surface area (Å²) in [7, 11) is 0. The molecule has 0 radical (unpaired) electrons. The number of rotatable bonds is 3. The summed E-state index contributed by atoms with van der Waals surface area (Å²) in [5.41, 5.74) is 8.95. The highest BCUT2D eigenvalue weighted by Gasteiger charge is 2.26. The second-order valence-electron chi connectivity index (χ2n) is 14.8. The minimum atomic E-state index is 1.25. The summed E-state index contributed by atoms with van der Waals surface area (Å²) in [6, 6.07) is 66.1. The Labute approximate surface area is 306 Å². The van der Waals surface area contributed by atoms with E-state index in [0.29, 0.717) is 0 Å². The normalized spacial score (nSPS) is 12.2. The third-order valence-corrected chi connectivity index (χ3v) is 11.9. The van der Waals surface area contributed by atoms with Crippen molar-refractivity contribution in [3.05, 3.63) is 181 Å². The monoisotopic (exact) mass is 668 g/mol. The molecule has 0 fully saturated rings. The number of hydrogen-bond donors (Lipinski definition) is 0. The van der Waals surface area contributed by atoms with Gasteiger partial charge in [0.15, 0.2) is 0 Å². The molecule has 0 spiro atoms. The molecular formula is C53H32. The predicted octanol–water partition coefficient (Wildman–Crippen LogP) is 15.1. The molecule has 0 amide bonds. The molecule has 0 aromatic heterocycles. The first-order chi connectivity index (χ1) is 26.2. The summed E-state index contributed by atoms with van der Waals surface area (Å²) in [5.74, 6) is 0. The molecule has 12 rings (SSSR count). The number of benzene rings is 10. The Morgan fingerprint density at radius 1 is 0.264 bits per heavy atom. The van der Waals surface area contributed by atoms with Crippen molar-refractivity contribution < 1.29 is 0 Å². The summed E-state index contributed by atoms with van der Waals surface area (Å²) in [6.07, 6.45) is 0. The lowest BCUT2D eigenvalue weighted by atomic mass is 9.84. The van der Waals surface area contributed by atoms with Crippen LogP contribution in [0.4, 0.5) is 0 Å². The predicted molar refractivity (Wildman–Crippen MR) is 230 cm³/mol. The van der Waals surface area contributed by atoms with E-state index in [9.17, 15) is 0 Å². The van der Waals surface area contributed by atoms with Crippen LogP contribution in [0, 0.1) is 6.92 Å². The van der Waals surface area contributed by atoms with E-state index in [2.05, 4.69) is 183 Å². The van der Waals surface area contributed by atoms with E-state index in [1.165, 1.54) is 125 Å². The second kappa shape index (κ2) is 10.6. The van der Waals surface area contributed by atoms with E-state index < -0.39 is 0 Å². The molecule has 53 heavy (non-hydrogen) atoms. The van der Waals surface area contributed by atoms with E-state index >= 15 is 0 Å². The molecule has 0 N–H and O–H groups in total. The zero-order valence-electron chi connectivity index (χ0n) is 29.2. The first-order valence-electron chi connectivity index (χ1n) is 18.6. The summed E-state index contributed by atoms with van der Waals surface area (Å²) < 4.78 is 0. The van der Waals surface area contributed by atoms with Crippen LogP contribution in [0.15, 0.2) is 176 Å². The fourth-order valence-electron chi connectivity index (χ4n) is 9.80. The van der Waals surface area contributed by atoms with Gasteiger partial charge in [0, 0.05) is 0 Å². The van der Waals surface area contributed by atoms with Crippen molar-refractivity contribution in [3.63, 3.8) is 0 Å². The van der Waals surface area contributed by atoms with Crippen LogP contribution in [-0.4, -0.2) is 0 Å². The molecule has 0 heterocycles. The second-order valence-corrected chi connectivity index (χ2v) is 14.8. The van der Waals surface area contributed by atoms with Gasteiger partial charge in [-0.05, 0) is 139 Å². The average Bonchev–Trinajstić information content (AvgIpc) is 3.72. The van der Waals surface area contributed by atoms with E-state index in [1.807, 2.05) is 0 Å². The minimum Gasteiger partial charge on any atom is -0.0622 e. The average molecular weight is 669 g/mol. The fraction of sp³-hybridized carbons (Fsp3) is 0.0189. The van der Waals surface area contributed by atoms with Crippen LogP contribution in [0.1, 0.15) is 5.56 Å². The molecule has 0 bridgehead atoms. The van der Waals surface area contributed by atoms with Gasteiger partial charge >= 0.3 is 0 Å². The van der Waals surface area contributed by atoms with Gasteiger partial charge in [-0.25, -0.2) is 0 Å². The third kappa shape index (κ3) is 3.90. The Bertz CT molecular complexity index is 3430. The lowest BCUT2D eigenvalue weighted by Crippen LogP contribution is -1.91. The maximum Gasteiger partial charge on any atom is -0.000719 e. The Balaban J connectivity index is 1.33. The molecule has 0 nitrogen and oxygen atoms in total. The van der Waals surface area contributed by atoms with Crippen molar-refractivity contribution in [1.82, 2.24) is 0 Å². The first kappa shape index (κ1) is 28.9. The van der Waals surface area contributed by atoms with Gasteiger partial charge in [-0.1, -0.05) is 169 Å². The SMILES string of the molecule is Cc1ccc2cc(-c3ccc4c5c(-c6ccccc6)c6c(cc7c8ccccc8c8cccc6c87)c(-c6ccccc6)c5c5cccc3c54)ccc2c1. The van der Waals surface area contributed by atoms with E-state index in [1.54, 1.807) is 0 Å². The molecule has 12 aromatic carbocycles. The molecule has 0 saturated heterocycles. The molecule has 244 valence electrons. The minimum absolute atomic E-state index is 1.25. The summed E-state index contributed by atoms with van der Waals surface area (Å²) in [4.78, 5) is 0. The third-order valence-electron chi connectivity index (χ3n) is 11.9. The quantitative estimate of drug-likeness (QED) is 0.164. The summed E-state index contributed by atoms with van der Waals surface area (Å²) in [5, 5.41) is 21.1. The van der Waals surface area contributed by atoms with Crippen LogP contribution in [-0.2, 0) is 0 Å². The smallest absolute Gasteiger partial charge is 0.000719 e. The van der Waals surface area contributed by atoms with E-state index in [-0.39, 0.29) is 0 Å². The van der Waals surface area contributed by atoms with Gasteiger partial charge < -0.3 is 0 Å². The number of aryl methyl sites for hydroxylation is 1. The molecule has 0 unspecified atom stereocenters. The van der Waals surface area contributed by atoms with Crippen molar-refractivity contribution in [3.8, 4) is 33.4 Å². The Morgan fingerprint density at radius 3 is 1.58 bits per heavy atom. The van der Waals surface area contributed by atoms with Crippen LogP contribution in [0.5, 0.6) is 0 Å². The van der Waals surface area contributed by atoms with Crippen LogP contribution < -0.4 is 0 Å². The number of fused-ring (bicyclic) bond motifs is 9. The van der Waals surface area contributed by atoms with Crippen molar-refractivity contribution in [2.24, 2.45) is 0 Å². The summed E-state index contributed by atoms with van der Waals surface area (Å²) in [6.45, 7) is 2.17. The van der Waals surface area contributed by atoms with Gasteiger partial charge in [-0.3, -0.25) is 0 Å². The van der Waals surface area contributed by atoms with E-state index in [4.69, 9.17) is 0 Å². The highest BCUT2D eigenvalue weighted by atomic mass is 14.3. The van der Waals surface area contributed by atoms with Crippen molar-refractivity contribution in [1.29, 1.82) is 0 Å². The zero-order valence-corrected chi connectivity index (χ0v) is 29.2. The van der Waals surface area contributed by atoms with Gasteiger partial charge in [-0.2, -0.15) is 0 Å². The van der Waals surface area contributed by atoms with Crippen molar-refractivity contribution in [2.45, 2.75) is 6.92 Å².